The Morgan fingerprint density at radius 1 is 1.24 bits per heavy atom. The summed E-state index contributed by atoms with van der Waals surface area (Å²) < 4.78 is 51.6. The summed E-state index contributed by atoms with van der Waals surface area (Å²) in [5.74, 6) is -2.05. The summed E-state index contributed by atoms with van der Waals surface area (Å²) in [4.78, 5) is 11.1. The van der Waals surface area contributed by atoms with E-state index in [4.69, 9.17) is 0 Å². The molecule has 0 spiro atoms. The monoisotopic (exact) mass is 318 g/mol. The Kier molecular flexibility index (Phi) is 4.89. The highest BCUT2D eigenvalue weighted by Gasteiger charge is 2.21. The van der Waals surface area contributed by atoms with Crippen LogP contribution in [0.4, 0.5) is 8.78 Å². The van der Waals surface area contributed by atoms with Gasteiger partial charge < -0.3 is 5.32 Å². The highest BCUT2D eigenvalue weighted by Crippen LogP contribution is 2.27. The van der Waals surface area contributed by atoms with E-state index in [9.17, 15) is 22.0 Å². The van der Waals surface area contributed by atoms with Crippen LogP contribution in [0, 0.1) is 17.6 Å². The second kappa shape index (κ2) is 6.48. The molecule has 0 aromatic heterocycles. The average Bonchev–Trinajstić information content (AvgIpc) is 3.23. The van der Waals surface area contributed by atoms with Gasteiger partial charge in [-0.1, -0.05) is 0 Å². The molecule has 1 aliphatic rings. The molecule has 2 N–H and O–H groups in total. The smallest absolute Gasteiger partial charge is 0.240 e. The van der Waals surface area contributed by atoms with Gasteiger partial charge >= 0.3 is 0 Å². The summed E-state index contributed by atoms with van der Waals surface area (Å²) in [6.07, 6.45) is 2.22. The Hall–Kier alpha value is -1.54. The van der Waals surface area contributed by atoms with Gasteiger partial charge in [0.25, 0.3) is 0 Å². The first-order valence-corrected chi connectivity index (χ1v) is 8.08. The van der Waals surface area contributed by atoms with Gasteiger partial charge in [0.1, 0.15) is 0 Å². The Bertz CT molecular complexity index is 630. The van der Waals surface area contributed by atoms with Crippen molar-refractivity contribution >= 4 is 15.9 Å². The number of carbonyl (C=O) groups is 1. The van der Waals surface area contributed by atoms with Gasteiger partial charge in [-0.15, -0.1) is 0 Å². The molecule has 1 aliphatic carbocycles. The van der Waals surface area contributed by atoms with Crippen molar-refractivity contribution in [1.82, 2.24) is 10.0 Å². The largest absolute Gasteiger partial charge is 0.356 e. The molecule has 1 saturated carbocycles. The zero-order chi connectivity index (χ0) is 15.5. The summed E-state index contributed by atoms with van der Waals surface area (Å²) in [6, 6.07) is 2.31. The van der Waals surface area contributed by atoms with E-state index in [2.05, 4.69) is 10.0 Å². The maximum absolute atomic E-state index is 13.0. The molecule has 116 valence electrons. The van der Waals surface area contributed by atoms with E-state index in [0.717, 1.165) is 25.0 Å². The van der Waals surface area contributed by atoms with Crippen LogP contribution in [0.2, 0.25) is 0 Å². The summed E-state index contributed by atoms with van der Waals surface area (Å²) in [5.41, 5.74) is 0. The molecule has 0 atom stereocenters. The van der Waals surface area contributed by atoms with Crippen LogP contribution in [-0.4, -0.2) is 27.4 Å². The zero-order valence-electron chi connectivity index (χ0n) is 11.2. The van der Waals surface area contributed by atoms with Crippen molar-refractivity contribution in [1.29, 1.82) is 0 Å². The van der Waals surface area contributed by atoms with Crippen molar-refractivity contribution in [2.45, 2.75) is 24.2 Å². The molecule has 8 heteroatoms. The molecule has 0 saturated heterocycles. The topological polar surface area (TPSA) is 75.3 Å². The van der Waals surface area contributed by atoms with E-state index < -0.39 is 21.7 Å². The fourth-order valence-corrected chi connectivity index (χ4v) is 2.74. The van der Waals surface area contributed by atoms with E-state index in [1.54, 1.807) is 0 Å². The summed E-state index contributed by atoms with van der Waals surface area (Å²) in [5, 5.41) is 2.70. The number of benzene rings is 1. The molecule has 5 nitrogen and oxygen atoms in total. The van der Waals surface area contributed by atoms with Gasteiger partial charge in [-0.05, 0) is 37.0 Å². The van der Waals surface area contributed by atoms with Gasteiger partial charge in [0.15, 0.2) is 11.6 Å². The van der Waals surface area contributed by atoms with Gasteiger partial charge in [-0.25, -0.2) is 21.9 Å². The van der Waals surface area contributed by atoms with Crippen LogP contribution >= 0.6 is 0 Å². The molecule has 1 aromatic rings. The van der Waals surface area contributed by atoms with E-state index >= 15 is 0 Å². The number of nitrogens with one attached hydrogen (secondary N) is 2. The summed E-state index contributed by atoms with van der Waals surface area (Å²) in [6.45, 7) is 0.520. The van der Waals surface area contributed by atoms with Crippen LogP contribution in [0.15, 0.2) is 23.1 Å². The van der Waals surface area contributed by atoms with Crippen molar-refractivity contribution in [3.63, 3.8) is 0 Å². The standard InChI is InChI=1S/C13H16F2N2O3S/c14-11-4-3-10(7-12(11)15)21(19,20)17-6-5-13(18)16-8-9-1-2-9/h3-4,7,9,17H,1-2,5-6,8H2,(H,16,18). The summed E-state index contributed by atoms with van der Waals surface area (Å²) in [7, 11) is -3.95. The van der Waals surface area contributed by atoms with E-state index in [-0.39, 0.29) is 23.8 Å². The Labute approximate surface area is 121 Å². The van der Waals surface area contributed by atoms with Crippen LogP contribution in [0.25, 0.3) is 0 Å². The number of sulfonamides is 1. The third-order valence-electron chi connectivity index (χ3n) is 3.13. The number of amides is 1. The molecular weight excluding hydrogens is 302 g/mol. The van der Waals surface area contributed by atoms with Gasteiger partial charge in [0, 0.05) is 19.5 Å². The maximum Gasteiger partial charge on any atom is 0.240 e. The summed E-state index contributed by atoms with van der Waals surface area (Å²) >= 11 is 0. The molecule has 2 rings (SSSR count). The minimum absolute atomic E-state index is 0.00434. The first-order valence-electron chi connectivity index (χ1n) is 6.60. The fourth-order valence-electron chi connectivity index (χ4n) is 1.69. The second-order valence-electron chi connectivity index (χ2n) is 4.97. The number of carbonyl (C=O) groups excluding carboxylic acids is 1. The first kappa shape index (κ1) is 15.8. The van der Waals surface area contributed by atoms with E-state index in [0.29, 0.717) is 18.5 Å². The molecule has 0 radical (unpaired) electrons. The minimum Gasteiger partial charge on any atom is -0.356 e. The third-order valence-corrected chi connectivity index (χ3v) is 4.59. The van der Waals surface area contributed by atoms with Gasteiger partial charge in [0.05, 0.1) is 4.90 Å². The Morgan fingerprint density at radius 3 is 2.57 bits per heavy atom. The SMILES string of the molecule is O=C(CCNS(=O)(=O)c1ccc(F)c(F)c1)NCC1CC1. The Balaban J connectivity index is 1.82. The van der Waals surface area contributed by atoms with Crippen LogP contribution in [0.1, 0.15) is 19.3 Å². The molecule has 0 heterocycles. The normalized spacial score (nSPS) is 15.0. The molecule has 1 aromatic carbocycles. The minimum atomic E-state index is -3.95. The quantitative estimate of drug-likeness (QED) is 0.792. The first-order chi connectivity index (χ1) is 9.88. The van der Waals surface area contributed by atoms with Crippen molar-refractivity contribution in [2.24, 2.45) is 5.92 Å². The third kappa shape index (κ3) is 4.75. The van der Waals surface area contributed by atoms with Gasteiger partial charge in [-0.3, -0.25) is 4.79 Å². The molecule has 0 unspecified atom stereocenters. The highest BCUT2D eigenvalue weighted by atomic mass is 32.2. The predicted octanol–water partition coefficient (Wildman–Crippen LogP) is 1.16. The van der Waals surface area contributed by atoms with E-state index in [1.165, 1.54) is 0 Å². The predicted molar refractivity (Wildman–Crippen MR) is 71.9 cm³/mol. The van der Waals surface area contributed by atoms with Crippen LogP contribution in [-0.2, 0) is 14.8 Å². The van der Waals surface area contributed by atoms with Crippen LogP contribution in [0.5, 0.6) is 0 Å². The average molecular weight is 318 g/mol. The van der Waals surface area contributed by atoms with Gasteiger partial charge in [-0.2, -0.15) is 0 Å². The van der Waals surface area contributed by atoms with Crippen LogP contribution in [0.3, 0.4) is 0 Å². The van der Waals surface area contributed by atoms with Crippen molar-refractivity contribution in [2.75, 3.05) is 13.1 Å². The number of hydrogen-bond acceptors (Lipinski definition) is 3. The Morgan fingerprint density at radius 2 is 1.95 bits per heavy atom. The highest BCUT2D eigenvalue weighted by molar-refractivity contribution is 7.89. The molecular formula is C13H16F2N2O3S. The van der Waals surface area contributed by atoms with Crippen molar-refractivity contribution in [3.05, 3.63) is 29.8 Å². The lowest BCUT2D eigenvalue weighted by molar-refractivity contribution is -0.120. The lowest BCUT2D eigenvalue weighted by atomic mass is 10.3. The number of halogens is 2. The molecule has 0 bridgehead atoms. The second-order valence-corrected chi connectivity index (χ2v) is 6.74. The van der Waals surface area contributed by atoms with Crippen LogP contribution < -0.4 is 10.0 Å². The molecule has 1 amide bonds. The van der Waals surface area contributed by atoms with E-state index in [1.807, 2.05) is 0 Å². The molecule has 21 heavy (non-hydrogen) atoms. The number of rotatable bonds is 7. The van der Waals surface area contributed by atoms with Crippen molar-refractivity contribution < 1.29 is 22.0 Å². The van der Waals surface area contributed by atoms with Crippen molar-refractivity contribution in [3.8, 4) is 0 Å². The number of hydrogen-bond donors (Lipinski definition) is 2. The van der Waals surface area contributed by atoms with Gasteiger partial charge in [0.2, 0.25) is 15.9 Å². The maximum atomic E-state index is 13.0. The fraction of sp³-hybridized carbons (Fsp3) is 0.462. The molecule has 1 fully saturated rings. The zero-order valence-corrected chi connectivity index (χ0v) is 12.1. The lowest BCUT2D eigenvalue weighted by Crippen LogP contribution is -2.31. The lowest BCUT2D eigenvalue weighted by Gasteiger charge is -2.07. The molecule has 0 aliphatic heterocycles.